The third-order valence-corrected chi connectivity index (χ3v) is 6.05. The van der Waals surface area contributed by atoms with Gasteiger partial charge >= 0.3 is 0 Å². The zero-order valence-corrected chi connectivity index (χ0v) is 18.5. The van der Waals surface area contributed by atoms with Crippen LogP contribution in [0.3, 0.4) is 0 Å². The zero-order chi connectivity index (χ0) is 21.8. The fourth-order valence-corrected chi connectivity index (χ4v) is 4.18. The Morgan fingerprint density at radius 1 is 1.13 bits per heavy atom. The van der Waals surface area contributed by atoms with E-state index in [1.807, 2.05) is 31.3 Å². The summed E-state index contributed by atoms with van der Waals surface area (Å²) in [5.41, 5.74) is 5.56. The van der Waals surface area contributed by atoms with Gasteiger partial charge in [0.25, 0.3) is 0 Å². The maximum Gasteiger partial charge on any atom is 0.223 e. The van der Waals surface area contributed by atoms with Crippen LogP contribution in [0.4, 0.5) is 5.69 Å². The van der Waals surface area contributed by atoms with Crippen molar-refractivity contribution in [2.45, 2.75) is 52.5 Å². The van der Waals surface area contributed by atoms with Gasteiger partial charge in [0.15, 0.2) is 5.65 Å². The van der Waals surface area contributed by atoms with E-state index in [0.29, 0.717) is 5.65 Å². The number of rotatable bonds is 6. The number of anilines is 1. The van der Waals surface area contributed by atoms with Crippen LogP contribution < -0.4 is 10.2 Å². The summed E-state index contributed by atoms with van der Waals surface area (Å²) in [4.78, 5) is 33.4. The monoisotopic (exact) mass is 418 g/mol. The van der Waals surface area contributed by atoms with Crippen LogP contribution in [0.15, 0.2) is 36.7 Å². The predicted molar refractivity (Wildman–Crippen MR) is 122 cm³/mol. The van der Waals surface area contributed by atoms with Gasteiger partial charge in [-0.3, -0.25) is 9.78 Å². The minimum atomic E-state index is -0.0873. The number of hydrogen-bond donors (Lipinski definition) is 1. The third kappa shape index (κ3) is 4.65. The predicted octanol–water partition coefficient (Wildman–Crippen LogP) is 3.64. The second kappa shape index (κ2) is 9.37. The first-order valence-corrected chi connectivity index (χ1v) is 11.2. The van der Waals surface area contributed by atoms with Gasteiger partial charge in [0, 0.05) is 25.2 Å². The molecule has 162 valence electrons. The van der Waals surface area contributed by atoms with E-state index in [4.69, 9.17) is 4.98 Å². The summed E-state index contributed by atoms with van der Waals surface area (Å²) in [5.74, 6) is 0.134. The second-order valence-electron chi connectivity index (χ2n) is 8.11. The van der Waals surface area contributed by atoms with Gasteiger partial charge in [0.1, 0.15) is 5.52 Å². The molecule has 0 radical (unpaired) electrons. The van der Waals surface area contributed by atoms with Crippen LogP contribution in [-0.4, -0.2) is 38.9 Å². The maximum absolute atomic E-state index is 12.7. The molecule has 0 spiro atoms. The lowest BCUT2D eigenvalue weighted by Crippen LogP contribution is -2.41. The number of aromatic nitrogens is 4. The van der Waals surface area contributed by atoms with E-state index in [1.54, 1.807) is 6.20 Å². The molecule has 1 saturated heterocycles. The van der Waals surface area contributed by atoms with E-state index in [9.17, 15) is 4.79 Å². The summed E-state index contributed by atoms with van der Waals surface area (Å²) in [5, 5.41) is 3.12. The molecule has 31 heavy (non-hydrogen) atoms. The van der Waals surface area contributed by atoms with Crippen molar-refractivity contribution in [2.24, 2.45) is 5.92 Å². The lowest BCUT2D eigenvalue weighted by atomic mass is 9.95. The topological polar surface area (TPSA) is 83.9 Å². The molecular weight excluding hydrogens is 388 g/mol. The van der Waals surface area contributed by atoms with Crippen LogP contribution >= 0.6 is 0 Å². The first-order chi connectivity index (χ1) is 15.1. The zero-order valence-electron chi connectivity index (χ0n) is 18.5. The molecule has 1 fully saturated rings. The van der Waals surface area contributed by atoms with Gasteiger partial charge in [-0.25, -0.2) is 15.0 Å². The molecule has 1 N–H and O–H groups in total. The molecule has 0 bridgehead atoms. The van der Waals surface area contributed by atoms with Gasteiger partial charge in [-0.1, -0.05) is 19.9 Å². The molecule has 0 aliphatic carbocycles. The van der Waals surface area contributed by atoms with E-state index in [2.05, 4.69) is 45.1 Å². The summed E-state index contributed by atoms with van der Waals surface area (Å²) >= 11 is 0. The average Bonchev–Trinajstić information content (AvgIpc) is 2.83. The molecule has 1 aliphatic rings. The van der Waals surface area contributed by atoms with Crippen LogP contribution in [-0.2, 0) is 17.6 Å². The van der Waals surface area contributed by atoms with E-state index >= 15 is 0 Å². The molecule has 1 aliphatic heterocycles. The number of aryl methyl sites for hydroxylation is 2. The van der Waals surface area contributed by atoms with Gasteiger partial charge in [-0.05, 0) is 50.8 Å². The Hall–Kier alpha value is -3.09. The molecule has 0 saturated carbocycles. The van der Waals surface area contributed by atoms with Crippen LogP contribution in [0.1, 0.15) is 56.7 Å². The Labute approximate surface area is 183 Å². The summed E-state index contributed by atoms with van der Waals surface area (Å²) < 4.78 is 0. The van der Waals surface area contributed by atoms with Crippen molar-refractivity contribution in [1.29, 1.82) is 0 Å². The number of carbonyl (C=O) groups excluding carboxylic acids is 1. The van der Waals surface area contributed by atoms with Crippen LogP contribution in [0.25, 0.3) is 11.2 Å². The Kier molecular flexibility index (Phi) is 6.39. The molecule has 7 heteroatoms. The van der Waals surface area contributed by atoms with E-state index in [-0.39, 0.29) is 17.9 Å². The number of carbonyl (C=O) groups is 1. The molecule has 0 aromatic carbocycles. The average molecular weight is 419 g/mol. The SMILES string of the molecule is CCc1nc2cc(N3CCC(C(=O)NC(C)c4ccccn4)CC3)cnc2nc1CC. The number of nitrogens with zero attached hydrogens (tertiary/aromatic N) is 5. The van der Waals surface area contributed by atoms with Gasteiger partial charge in [0.05, 0.1) is 35.0 Å². The molecule has 1 atom stereocenters. The fraction of sp³-hybridized carbons (Fsp3) is 0.458. The number of fused-ring (bicyclic) bond motifs is 1. The van der Waals surface area contributed by atoms with E-state index in [1.165, 1.54) is 0 Å². The number of pyridine rings is 2. The third-order valence-electron chi connectivity index (χ3n) is 6.05. The Morgan fingerprint density at radius 2 is 1.87 bits per heavy atom. The highest BCUT2D eigenvalue weighted by atomic mass is 16.1. The highest BCUT2D eigenvalue weighted by molar-refractivity contribution is 5.79. The van der Waals surface area contributed by atoms with Crippen molar-refractivity contribution in [3.63, 3.8) is 0 Å². The highest BCUT2D eigenvalue weighted by Crippen LogP contribution is 2.26. The number of nitrogens with one attached hydrogen (secondary N) is 1. The molecule has 4 heterocycles. The molecule has 4 rings (SSSR count). The van der Waals surface area contributed by atoms with Gasteiger partial charge < -0.3 is 10.2 Å². The molecule has 3 aromatic rings. The quantitative estimate of drug-likeness (QED) is 0.658. The van der Waals surface area contributed by atoms with Gasteiger partial charge in [-0.2, -0.15) is 0 Å². The first kappa shape index (κ1) is 21.2. The number of hydrogen-bond acceptors (Lipinski definition) is 6. The largest absolute Gasteiger partial charge is 0.370 e. The maximum atomic E-state index is 12.7. The standard InChI is InChI=1S/C24H30N6O/c1-4-19-20(5-2)29-23-22(28-19)14-18(15-26-23)30-12-9-17(10-13-30)24(31)27-16(3)21-8-6-7-11-25-21/h6-8,11,14-17H,4-5,9-10,12-13H2,1-3H3,(H,27,31). The van der Waals surface area contributed by atoms with Gasteiger partial charge in [-0.15, -0.1) is 0 Å². The number of piperidine rings is 1. The van der Waals surface area contributed by atoms with Crippen molar-refractivity contribution >= 4 is 22.8 Å². The van der Waals surface area contributed by atoms with Crippen LogP contribution in [0.2, 0.25) is 0 Å². The number of amides is 1. The molecule has 1 amide bonds. The summed E-state index contributed by atoms with van der Waals surface area (Å²) in [6, 6.07) is 7.76. The summed E-state index contributed by atoms with van der Waals surface area (Å²) in [6.45, 7) is 7.83. The molecule has 3 aromatic heterocycles. The Bertz CT molecular complexity index is 1050. The van der Waals surface area contributed by atoms with Crippen molar-refractivity contribution in [3.05, 3.63) is 53.7 Å². The van der Waals surface area contributed by atoms with Crippen molar-refractivity contribution in [3.8, 4) is 0 Å². The normalized spacial score (nSPS) is 15.8. The van der Waals surface area contributed by atoms with E-state index < -0.39 is 0 Å². The lowest BCUT2D eigenvalue weighted by Gasteiger charge is -2.33. The molecular formula is C24H30N6O. The Balaban J connectivity index is 1.40. The summed E-state index contributed by atoms with van der Waals surface area (Å²) in [6.07, 6.45) is 7.01. The van der Waals surface area contributed by atoms with Crippen molar-refractivity contribution in [1.82, 2.24) is 25.3 Å². The molecule has 1 unspecified atom stereocenters. The van der Waals surface area contributed by atoms with Crippen molar-refractivity contribution < 1.29 is 4.79 Å². The van der Waals surface area contributed by atoms with Crippen LogP contribution in [0, 0.1) is 5.92 Å². The lowest BCUT2D eigenvalue weighted by molar-refractivity contribution is -0.126. The fourth-order valence-electron chi connectivity index (χ4n) is 4.18. The van der Waals surface area contributed by atoms with Crippen molar-refractivity contribution in [2.75, 3.05) is 18.0 Å². The van der Waals surface area contributed by atoms with Crippen LogP contribution in [0.5, 0.6) is 0 Å². The first-order valence-electron chi connectivity index (χ1n) is 11.2. The van der Waals surface area contributed by atoms with Gasteiger partial charge in [0.2, 0.25) is 5.91 Å². The smallest absolute Gasteiger partial charge is 0.223 e. The molecule has 7 nitrogen and oxygen atoms in total. The summed E-state index contributed by atoms with van der Waals surface area (Å²) in [7, 11) is 0. The second-order valence-corrected chi connectivity index (χ2v) is 8.11. The minimum absolute atomic E-state index is 0.0226. The Morgan fingerprint density at radius 3 is 2.55 bits per heavy atom. The highest BCUT2D eigenvalue weighted by Gasteiger charge is 2.26. The minimum Gasteiger partial charge on any atom is -0.370 e. The van der Waals surface area contributed by atoms with E-state index in [0.717, 1.165) is 67.1 Å².